The molecular weight excluding hydrogens is 441 g/mol. The molecule has 174 valence electrons. The number of hydrogen-bond donors (Lipinski definition) is 2. The molecule has 7 heteroatoms. The Balaban J connectivity index is 0.00000408. The van der Waals surface area contributed by atoms with E-state index in [0.29, 0.717) is 31.0 Å². The predicted octanol–water partition coefficient (Wildman–Crippen LogP) is 4.67. The van der Waals surface area contributed by atoms with Crippen LogP contribution in [-0.4, -0.2) is 53.9 Å². The van der Waals surface area contributed by atoms with E-state index < -0.39 is 17.9 Å². The number of carboxylic acids is 1. The van der Waals surface area contributed by atoms with Crippen molar-refractivity contribution in [2.75, 3.05) is 12.0 Å². The van der Waals surface area contributed by atoms with Crippen molar-refractivity contribution in [3.63, 3.8) is 0 Å². The third kappa shape index (κ3) is 7.78. The second kappa shape index (κ2) is 14.0. The number of hydrogen-bond acceptors (Lipinski definition) is 4. The molecule has 0 radical (unpaired) electrons. The van der Waals surface area contributed by atoms with Crippen molar-refractivity contribution >= 4 is 42.5 Å². The molecule has 1 atom stereocenters. The maximum absolute atomic E-state index is 13.1. The summed E-state index contributed by atoms with van der Waals surface area (Å²) in [5.41, 5.74) is 5.22. The first-order chi connectivity index (χ1) is 16.0. The Morgan fingerprint density at radius 2 is 1.62 bits per heavy atom. The van der Waals surface area contributed by atoms with Gasteiger partial charge in [0.1, 0.15) is 6.04 Å². The molecule has 0 saturated heterocycles. The van der Waals surface area contributed by atoms with Crippen LogP contribution in [-0.2, 0) is 22.7 Å². The summed E-state index contributed by atoms with van der Waals surface area (Å²) in [5, 5.41) is 12.2. The zero-order valence-electron chi connectivity index (χ0n) is 18.9. The normalized spacial score (nSPS) is 11.4. The molecule has 0 aromatic heterocycles. The van der Waals surface area contributed by atoms with Crippen LogP contribution in [0.25, 0.3) is 11.1 Å². The molecular formula is C27H30LiNO4S. The molecule has 0 unspecified atom stereocenters. The number of carbonyl (C=O) groups excluding carboxylic acids is 1. The number of carboxylic acid groups (broad SMARTS) is 1. The number of benzene rings is 3. The van der Waals surface area contributed by atoms with E-state index in [1.165, 1.54) is 0 Å². The first kappa shape index (κ1) is 27.7. The monoisotopic (exact) mass is 471 g/mol. The van der Waals surface area contributed by atoms with E-state index in [1.54, 1.807) is 17.8 Å². The van der Waals surface area contributed by atoms with Gasteiger partial charge in [-0.05, 0) is 65.3 Å². The van der Waals surface area contributed by atoms with Crippen molar-refractivity contribution in [3.8, 4) is 11.1 Å². The van der Waals surface area contributed by atoms with Gasteiger partial charge in [0, 0.05) is 5.56 Å². The van der Waals surface area contributed by atoms with Gasteiger partial charge < -0.3 is 15.2 Å². The molecule has 5 nitrogen and oxygen atoms in total. The Labute approximate surface area is 217 Å². The zero-order chi connectivity index (χ0) is 23.6. The quantitative estimate of drug-likeness (QED) is 0.398. The van der Waals surface area contributed by atoms with Crippen LogP contribution in [0.2, 0.25) is 0 Å². The van der Waals surface area contributed by atoms with E-state index in [1.807, 2.05) is 79.9 Å². The van der Waals surface area contributed by atoms with E-state index in [-0.39, 0.29) is 18.9 Å². The molecule has 0 bridgehead atoms. The molecule has 0 aliphatic rings. The standard InChI is InChI=1S/C27H29NO4S.Li.H/c1-19-8-6-7-11-22(19)24-16-21(18-32-17-20-9-4-3-5-10-20)12-13-23(24)26(29)28-25(27(30)31)14-15-33-2;;/h3-13,16,25H,14-15,17-18H2,1-2H3,(H,28,29)(H,30,31);;/t25-;;/m0../s1. The SMILES string of the molecule is CSCC[C@H](NC(=O)c1ccc(COCc2ccccc2)cc1-c1ccccc1C)C(=O)O.[LiH]. The number of amides is 1. The summed E-state index contributed by atoms with van der Waals surface area (Å²) in [6, 6.07) is 22.5. The summed E-state index contributed by atoms with van der Waals surface area (Å²) in [4.78, 5) is 24.8. The fourth-order valence-corrected chi connectivity index (χ4v) is 4.04. The summed E-state index contributed by atoms with van der Waals surface area (Å²) < 4.78 is 5.89. The van der Waals surface area contributed by atoms with Crippen LogP contribution in [0.4, 0.5) is 0 Å². The minimum absolute atomic E-state index is 0. The first-order valence-electron chi connectivity index (χ1n) is 10.8. The molecule has 0 aliphatic carbocycles. The van der Waals surface area contributed by atoms with Gasteiger partial charge in [0.05, 0.1) is 13.2 Å². The molecule has 0 aliphatic heterocycles. The van der Waals surface area contributed by atoms with Gasteiger partial charge in [0.15, 0.2) is 0 Å². The third-order valence-electron chi connectivity index (χ3n) is 5.36. The summed E-state index contributed by atoms with van der Waals surface area (Å²) in [6.45, 7) is 2.90. The minimum atomic E-state index is -1.03. The number of aliphatic carboxylic acids is 1. The Morgan fingerprint density at radius 3 is 2.29 bits per heavy atom. The van der Waals surface area contributed by atoms with Crippen molar-refractivity contribution in [2.24, 2.45) is 0 Å². The summed E-state index contributed by atoms with van der Waals surface area (Å²) in [5.74, 6) is -0.765. The molecule has 34 heavy (non-hydrogen) atoms. The molecule has 0 fully saturated rings. The molecule has 0 spiro atoms. The van der Waals surface area contributed by atoms with Gasteiger partial charge in [0.25, 0.3) is 5.91 Å². The van der Waals surface area contributed by atoms with Gasteiger partial charge in [-0.1, -0.05) is 60.7 Å². The van der Waals surface area contributed by atoms with E-state index in [0.717, 1.165) is 27.8 Å². The zero-order valence-corrected chi connectivity index (χ0v) is 19.7. The van der Waals surface area contributed by atoms with Gasteiger partial charge >= 0.3 is 24.8 Å². The van der Waals surface area contributed by atoms with E-state index in [4.69, 9.17) is 4.74 Å². The molecule has 0 saturated carbocycles. The Morgan fingerprint density at radius 1 is 0.941 bits per heavy atom. The van der Waals surface area contributed by atoms with Crippen molar-refractivity contribution in [2.45, 2.75) is 32.6 Å². The molecule has 3 rings (SSSR count). The van der Waals surface area contributed by atoms with E-state index >= 15 is 0 Å². The van der Waals surface area contributed by atoms with Crippen LogP contribution in [0.5, 0.6) is 0 Å². The fourth-order valence-electron chi connectivity index (χ4n) is 3.57. The van der Waals surface area contributed by atoms with Crippen molar-refractivity contribution in [1.82, 2.24) is 5.32 Å². The molecule has 1 amide bonds. The number of carbonyl (C=O) groups is 2. The van der Waals surface area contributed by atoms with Crippen LogP contribution in [0.1, 0.15) is 33.5 Å². The van der Waals surface area contributed by atoms with Crippen molar-refractivity contribution in [3.05, 3.63) is 95.1 Å². The summed E-state index contributed by atoms with van der Waals surface area (Å²) >= 11 is 1.55. The number of aryl methyl sites for hydroxylation is 1. The average molecular weight is 472 g/mol. The topological polar surface area (TPSA) is 75.6 Å². The third-order valence-corrected chi connectivity index (χ3v) is 6.00. The van der Waals surface area contributed by atoms with E-state index in [2.05, 4.69) is 5.32 Å². The first-order valence-corrected chi connectivity index (χ1v) is 12.2. The molecule has 2 N–H and O–H groups in total. The molecule has 3 aromatic carbocycles. The van der Waals surface area contributed by atoms with Gasteiger partial charge in [-0.25, -0.2) is 4.79 Å². The second-order valence-corrected chi connectivity index (χ2v) is 8.80. The van der Waals surface area contributed by atoms with Crippen molar-refractivity contribution in [1.29, 1.82) is 0 Å². The number of rotatable bonds is 11. The average Bonchev–Trinajstić information content (AvgIpc) is 2.82. The summed E-state index contributed by atoms with van der Waals surface area (Å²) in [6.07, 6.45) is 2.28. The van der Waals surface area contributed by atoms with Gasteiger partial charge in [-0.3, -0.25) is 4.79 Å². The van der Waals surface area contributed by atoms with Crippen LogP contribution in [0.15, 0.2) is 72.8 Å². The van der Waals surface area contributed by atoms with Gasteiger partial charge in [-0.15, -0.1) is 0 Å². The molecule has 0 heterocycles. The second-order valence-electron chi connectivity index (χ2n) is 7.82. The van der Waals surface area contributed by atoms with Gasteiger partial charge in [-0.2, -0.15) is 11.8 Å². The number of thioether (sulfide) groups is 1. The maximum atomic E-state index is 13.1. The van der Waals surface area contributed by atoms with Crippen LogP contribution in [0, 0.1) is 6.92 Å². The fraction of sp³-hybridized carbons (Fsp3) is 0.259. The van der Waals surface area contributed by atoms with Gasteiger partial charge in [0.2, 0.25) is 0 Å². The van der Waals surface area contributed by atoms with Crippen LogP contribution >= 0.6 is 11.8 Å². The number of nitrogens with one attached hydrogen (secondary N) is 1. The van der Waals surface area contributed by atoms with Crippen LogP contribution in [0.3, 0.4) is 0 Å². The Bertz CT molecular complexity index is 1090. The van der Waals surface area contributed by atoms with Crippen molar-refractivity contribution < 1.29 is 19.4 Å². The predicted molar refractivity (Wildman–Crippen MR) is 141 cm³/mol. The Kier molecular flexibility index (Phi) is 11.5. The number of ether oxygens (including phenoxy) is 1. The molecule has 3 aromatic rings. The Hall–Kier alpha value is -2.49. The van der Waals surface area contributed by atoms with Crippen LogP contribution < -0.4 is 5.32 Å². The summed E-state index contributed by atoms with van der Waals surface area (Å²) in [7, 11) is 0. The van der Waals surface area contributed by atoms with E-state index in [9.17, 15) is 14.7 Å².